The van der Waals surface area contributed by atoms with Crippen molar-refractivity contribution < 1.29 is 34.4 Å². The second-order valence-electron chi connectivity index (χ2n) is 17.4. The largest absolute Gasteiger partial charge is 0.504 e. The molecule has 5 aliphatic rings. The van der Waals surface area contributed by atoms with Gasteiger partial charge in [-0.2, -0.15) is 0 Å². The van der Waals surface area contributed by atoms with Crippen molar-refractivity contribution >= 4 is 18.0 Å². The number of hydrogen-bond donors (Lipinski definition) is 3. The van der Waals surface area contributed by atoms with E-state index in [1.54, 1.807) is 18.2 Å². The molecule has 5 saturated carbocycles. The van der Waals surface area contributed by atoms with Crippen LogP contribution in [0.25, 0.3) is 6.08 Å². The number of phenolic OH excluding ortho intramolecular Hbond substituents is 1. The van der Waals surface area contributed by atoms with Gasteiger partial charge in [0.25, 0.3) is 0 Å². The van der Waals surface area contributed by atoms with Gasteiger partial charge in [0, 0.05) is 11.5 Å². The number of carboxylic acid groups (broad SMARTS) is 1. The van der Waals surface area contributed by atoms with Gasteiger partial charge in [-0.3, -0.25) is 4.79 Å². The Balaban J connectivity index is 1.25. The number of rotatable bonds is 6. The van der Waals surface area contributed by atoms with Crippen molar-refractivity contribution in [3.63, 3.8) is 0 Å². The van der Waals surface area contributed by atoms with E-state index >= 15 is 0 Å². The molecule has 7 nitrogen and oxygen atoms in total. The third kappa shape index (κ3) is 4.83. The SMILES string of the molecule is C=C(C)[C@@H]1CC[C@]2(C(=O)O)CC[C@]3(C)[C@@H](CC[C@@H]4[C@@]5(C)C[C@@H](O)[C@H](OC(=O)C=Cc6ccc(O)c(OC)c6)C(C)(C)[C@@H]5CC[C@]43C)[C@H]12. The molecule has 11 atom stereocenters. The summed E-state index contributed by atoms with van der Waals surface area (Å²) in [6.07, 6.45) is 9.62. The maximum Gasteiger partial charge on any atom is 0.331 e. The van der Waals surface area contributed by atoms with Gasteiger partial charge in [0.05, 0.1) is 18.6 Å². The Kier molecular flexibility index (Phi) is 8.26. The molecule has 0 unspecified atom stereocenters. The van der Waals surface area contributed by atoms with Crippen molar-refractivity contribution in [2.45, 2.75) is 112 Å². The molecule has 0 aliphatic heterocycles. The molecule has 0 heterocycles. The number of fused-ring (bicyclic) bond motifs is 7. The quantitative estimate of drug-likeness (QED) is 0.163. The number of esters is 1. The number of benzene rings is 1. The predicted octanol–water partition coefficient (Wildman–Crippen LogP) is 8.04. The number of aliphatic hydroxyl groups is 1. The Morgan fingerprint density at radius 1 is 0.957 bits per heavy atom. The molecule has 0 radical (unpaired) electrons. The van der Waals surface area contributed by atoms with E-state index in [-0.39, 0.29) is 39.7 Å². The molecule has 1 aromatic rings. The normalized spacial score (nSPS) is 43.6. The number of hydrogen-bond acceptors (Lipinski definition) is 6. The molecule has 7 heteroatoms. The zero-order chi connectivity index (χ0) is 34.3. The maximum atomic E-state index is 13.1. The molecule has 6 rings (SSSR count). The highest BCUT2D eigenvalue weighted by Crippen LogP contribution is 2.77. The average Bonchev–Trinajstić information content (AvgIpc) is 3.40. The molecule has 47 heavy (non-hydrogen) atoms. The summed E-state index contributed by atoms with van der Waals surface area (Å²) in [5.74, 6) is 0.623. The summed E-state index contributed by atoms with van der Waals surface area (Å²) in [5.41, 5.74) is 0.627. The average molecular weight is 649 g/mol. The monoisotopic (exact) mass is 648 g/mol. The number of aliphatic carboxylic acids is 1. The summed E-state index contributed by atoms with van der Waals surface area (Å²) < 4.78 is 11.3. The minimum atomic E-state index is -0.793. The number of methoxy groups -OCH3 is 1. The van der Waals surface area contributed by atoms with Crippen molar-refractivity contribution in [1.82, 2.24) is 0 Å². The van der Waals surface area contributed by atoms with Crippen LogP contribution in [0.15, 0.2) is 36.4 Å². The minimum absolute atomic E-state index is 0.00562. The first-order chi connectivity index (χ1) is 22.0. The Hall–Kier alpha value is -2.80. The first-order valence-corrected chi connectivity index (χ1v) is 17.8. The first kappa shape index (κ1) is 34.1. The van der Waals surface area contributed by atoms with E-state index < -0.39 is 35.0 Å². The van der Waals surface area contributed by atoms with Crippen LogP contribution in [0.4, 0.5) is 0 Å². The summed E-state index contributed by atoms with van der Waals surface area (Å²) in [6, 6.07) is 4.86. The summed E-state index contributed by atoms with van der Waals surface area (Å²) in [4.78, 5) is 26.1. The van der Waals surface area contributed by atoms with Gasteiger partial charge in [-0.15, -0.1) is 0 Å². The van der Waals surface area contributed by atoms with Crippen LogP contribution in [0.3, 0.4) is 0 Å². The smallest absolute Gasteiger partial charge is 0.331 e. The number of phenols is 1. The van der Waals surface area contributed by atoms with Gasteiger partial charge in [-0.05, 0) is 134 Å². The van der Waals surface area contributed by atoms with Crippen LogP contribution in [-0.2, 0) is 14.3 Å². The fraction of sp³-hybridized carbons (Fsp3) is 0.700. The van der Waals surface area contributed by atoms with Crippen LogP contribution >= 0.6 is 0 Å². The molecule has 1 aromatic carbocycles. The Bertz CT molecular complexity index is 1480. The highest BCUT2D eigenvalue weighted by atomic mass is 16.6. The Labute approximate surface area is 280 Å². The number of ether oxygens (including phenoxy) is 2. The van der Waals surface area contributed by atoms with Crippen molar-refractivity contribution in [2.24, 2.45) is 56.7 Å². The zero-order valence-electron chi connectivity index (χ0n) is 29.5. The van der Waals surface area contributed by atoms with Gasteiger partial charge in [0.1, 0.15) is 6.10 Å². The summed E-state index contributed by atoms with van der Waals surface area (Å²) in [5, 5.41) is 32.4. The van der Waals surface area contributed by atoms with Crippen molar-refractivity contribution in [1.29, 1.82) is 0 Å². The molecule has 0 aromatic heterocycles. The number of carbonyl (C=O) groups is 2. The fourth-order valence-electron chi connectivity index (χ4n) is 13.0. The van der Waals surface area contributed by atoms with Crippen LogP contribution in [0.2, 0.25) is 0 Å². The lowest BCUT2D eigenvalue weighted by Gasteiger charge is -2.73. The summed E-state index contributed by atoms with van der Waals surface area (Å²) in [7, 11) is 1.48. The van der Waals surface area contributed by atoms with E-state index in [0.717, 1.165) is 56.9 Å². The topological polar surface area (TPSA) is 113 Å². The molecule has 258 valence electrons. The predicted molar refractivity (Wildman–Crippen MR) is 182 cm³/mol. The highest BCUT2D eigenvalue weighted by molar-refractivity contribution is 5.87. The third-order valence-corrected chi connectivity index (χ3v) is 15.2. The Morgan fingerprint density at radius 3 is 2.34 bits per heavy atom. The van der Waals surface area contributed by atoms with Crippen molar-refractivity contribution in [2.75, 3.05) is 7.11 Å². The molecule has 3 N–H and O–H groups in total. The minimum Gasteiger partial charge on any atom is -0.504 e. The van der Waals surface area contributed by atoms with E-state index in [1.807, 2.05) is 0 Å². The lowest BCUT2D eigenvalue weighted by Crippen LogP contribution is -2.69. The molecular formula is C40H56O7. The second kappa shape index (κ2) is 11.4. The lowest BCUT2D eigenvalue weighted by molar-refractivity contribution is -0.265. The van der Waals surface area contributed by atoms with E-state index in [9.17, 15) is 24.9 Å². The molecule has 0 amide bonds. The van der Waals surface area contributed by atoms with Crippen LogP contribution < -0.4 is 4.74 Å². The lowest BCUT2D eigenvalue weighted by atomic mass is 9.32. The van der Waals surface area contributed by atoms with Gasteiger partial charge >= 0.3 is 11.9 Å². The highest BCUT2D eigenvalue weighted by Gasteiger charge is 2.72. The van der Waals surface area contributed by atoms with Crippen molar-refractivity contribution in [3.8, 4) is 11.5 Å². The van der Waals surface area contributed by atoms with Crippen LogP contribution in [0.1, 0.15) is 105 Å². The van der Waals surface area contributed by atoms with Crippen LogP contribution in [-0.4, -0.2) is 46.6 Å². The first-order valence-electron chi connectivity index (χ1n) is 17.8. The molecular weight excluding hydrogens is 592 g/mol. The Morgan fingerprint density at radius 2 is 1.68 bits per heavy atom. The number of allylic oxidation sites excluding steroid dienone is 1. The van der Waals surface area contributed by atoms with E-state index in [4.69, 9.17) is 9.47 Å². The van der Waals surface area contributed by atoms with E-state index in [1.165, 1.54) is 19.3 Å². The summed E-state index contributed by atoms with van der Waals surface area (Å²) >= 11 is 0. The third-order valence-electron chi connectivity index (χ3n) is 15.2. The number of carboxylic acids is 1. The molecule has 5 aliphatic carbocycles. The van der Waals surface area contributed by atoms with Crippen LogP contribution in [0.5, 0.6) is 11.5 Å². The molecule has 5 fully saturated rings. The number of aliphatic hydroxyl groups excluding tert-OH is 1. The van der Waals surface area contributed by atoms with Crippen LogP contribution in [0, 0.1) is 56.7 Å². The summed E-state index contributed by atoms with van der Waals surface area (Å²) in [6.45, 7) is 18.2. The zero-order valence-corrected chi connectivity index (χ0v) is 29.5. The van der Waals surface area contributed by atoms with E-state index in [0.29, 0.717) is 29.6 Å². The van der Waals surface area contributed by atoms with Gasteiger partial charge in [0.15, 0.2) is 11.5 Å². The van der Waals surface area contributed by atoms with Gasteiger partial charge in [0.2, 0.25) is 0 Å². The fourth-order valence-corrected chi connectivity index (χ4v) is 13.0. The number of carbonyl (C=O) groups excluding carboxylic acids is 1. The maximum absolute atomic E-state index is 13.1. The van der Waals surface area contributed by atoms with E-state index in [2.05, 4.69) is 48.1 Å². The van der Waals surface area contributed by atoms with Crippen molar-refractivity contribution in [3.05, 3.63) is 42.0 Å². The molecule has 0 spiro atoms. The van der Waals surface area contributed by atoms with Gasteiger partial charge < -0.3 is 24.8 Å². The van der Waals surface area contributed by atoms with Gasteiger partial charge in [-0.1, -0.05) is 52.8 Å². The standard InChI is InChI=1S/C40H56O7/c1-23(2)25-15-18-40(35(44)45)20-19-38(6)26(33(25)40)11-13-31-37(5)22-28(42)34(36(3,4)30(37)16-17-39(31,38)7)47-32(43)14-10-24-9-12-27(41)29(21-24)46-8/h9-10,12,14,21,25-26,28,30-31,33-34,41-42H,1,11,13,15-20,22H2,2-8H3,(H,44,45)/t25-,26-,28+,30-,31+,33-,34-,37-,38+,39+,40-/m0/s1. The van der Waals surface area contributed by atoms with Gasteiger partial charge in [-0.25, -0.2) is 4.79 Å². The second-order valence-corrected chi connectivity index (χ2v) is 17.4. The molecule has 0 saturated heterocycles. The number of aromatic hydroxyl groups is 1. The molecule has 0 bridgehead atoms.